The molecule has 0 spiro atoms. The standard InChI is InChI=1S/C25H24N4O3S.C25H24N4O2S2.C23H20N4OS2.CH4/c1-4-10-31-21-13-27-22(14-26-21)32-19-11-16(2)23(17(3)12-19)20-15-33-25(28-20)29-24(30)18-8-6-5-7-9-18;1-4-10-31-21-13-27-22(14-26-21)33-19-11-16(2)23(17(3)12-19)20-15-32-25(28-20)29-24(30)18-8-6-5-7-9-18;1-14-9-18(30-20-12-24-16(3)11-25-20)10-15(2)21(14)19-13-29-23(26-19)27-22(28)17-7-5-4-6-8-17;/h2*5-9,11-15H,4,10H2,1-3H3,(H,28,29,30);4-13H,1-3H3,(H,26,27,28);1H4. The van der Waals surface area contributed by atoms with Crippen molar-refractivity contribution in [3.8, 4) is 57.2 Å². The van der Waals surface area contributed by atoms with Crippen LogP contribution in [0, 0.1) is 48.5 Å². The number of amides is 3. The highest BCUT2D eigenvalue weighted by Crippen LogP contribution is 2.39. The van der Waals surface area contributed by atoms with Gasteiger partial charge in [-0.25, -0.2) is 39.9 Å². The molecule has 0 aliphatic heterocycles. The molecule has 23 heteroatoms. The number of aromatic nitrogens is 9. The Morgan fingerprint density at radius 2 is 0.742 bits per heavy atom. The van der Waals surface area contributed by atoms with Crippen molar-refractivity contribution in [2.24, 2.45) is 0 Å². The van der Waals surface area contributed by atoms with Crippen molar-refractivity contribution in [1.82, 2.24) is 44.9 Å². The lowest BCUT2D eigenvalue weighted by atomic mass is 10.0. The lowest BCUT2D eigenvalue weighted by molar-refractivity contribution is 0.101. The average molecular weight is 1390 g/mol. The summed E-state index contributed by atoms with van der Waals surface area (Å²) in [4.78, 5) is 79.3. The molecule has 3 N–H and O–H groups in total. The van der Waals surface area contributed by atoms with Crippen LogP contribution in [-0.4, -0.2) is 75.8 Å². The van der Waals surface area contributed by atoms with Crippen LogP contribution in [0.25, 0.3) is 33.8 Å². The van der Waals surface area contributed by atoms with E-state index in [4.69, 9.17) is 14.2 Å². The molecule has 494 valence electrons. The van der Waals surface area contributed by atoms with E-state index in [9.17, 15) is 14.4 Å². The third-order valence-electron chi connectivity index (χ3n) is 14.1. The highest BCUT2D eigenvalue weighted by molar-refractivity contribution is 7.99. The summed E-state index contributed by atoms with van der Waals surface area (Å²) in [6, 6.07) is 39.7. The van der Waals surface area contributed by atoms with Crippen LogP contribution in [0.2, 0.25) is 0 Å². The van der Waals surface area contributed by atoms with Gasteiger partial charge in [-0.1, -0.05) is 99.4 Å². The molecule has 12 aromatic rings. The van der Waals surface area contributed by atoms with Gasteiger partial charge in [0, 0.05) is 65.5 Å². The number of ether oxygens (including phenoxy) is 3. The summed E-state index contributed by atoms with van der Waals surface area (Å²) < 4.78 is 16.8. The monoisotopic (exact) mass is 1380 g/mol. The van der Waals surface area contributed by atoms with Gasteiger partial charge in [0.25, 0.3) is 17.7 Å². The predicted octanol–water partition coefficient (Wildman–Crippen LogP) is 19.0. The van der Waals surface area contributed by atoms with Gasteiger partial charge in [0.2, 0.25) is 17.6 Å². The fourth-order valence-electron chi connectivity index (χ4n) is 9.85. The molecule has 0 unspecified atom stereocenters. The van der Waals surface area contributed by atoms with Crippen LogP contribution in [-0.2, 0) is 0 Å². The van der Waals surface area contributed by atoms with E-state index < -0.39 is 0 Å². The van der Waals surface area contributed by atoms with Gasteiger partial charge >= 0.3 is 0 Å². The maximum Gasteiger partial charge on any atom is 0.257 e. The molecule has 6 aromatic carbocycles. The number of benzene rings is 6. The molecule has 0 saturated heterocycles. The Hall–Kier alpha value is -10.0. The van der Waals surface area contributed by atoms with Crippen LogP contribution < -0.4 is 30.2 Å². The number of hydrogen-bond donors (Lipinski definition) is 3. The molecule has 3 amide bonds. The number of carbonyl (C=O) groups excluding carboxylic acids is 3. The molecule has 0 fully saturated rings. The van der Waals surface area contributed by atoms with E-state index in [0.29, 0.717) is 68.7 Å². The normalized spacial score (nSPS) is 10.6. The Morgan fingerprint density at radius 3 is 1.07 bits per heavy atom. The molecule has 0 aliphatic carbocycles. The lowest BCUT2D eigenvalue weighted by Gasteiger charge is -2.12. The number of thiazole rings is 3. The molecule has 0 bridgehead atoms. The number of aryl methyl sites for hydroxylation is 7. The van der Waals surface area contributed by atoms with E-state index in [1.807, 2.05) is 111 Å². The highest BCUT2D eigenvalue weighted by atomic mass is 32.2. The molecule has 0 saturated carbocycles. The molecule has 18 nitrogen and oxygen atoms in total. The summed E-state index contributed by atoms with van der Waals surface area (Å²) in [5.74, 6) is 1.58. The fraction of sp³-hybridized carbons (Fsp3) is 0.189. The Kier molecular flexibility index (Phi) is 25.4. The van der Waals surface area contributed by atoms with Crippen LogP contribution in [0.15, 0.2) is 201 Å². The molecule has 0 aliphatic rings. The summed E-state index contributed by atoms with van der Waals surface area (Å²) in [6.45, 7) is 19.6. The number of nitrogens with zero attached hydrogens (tertiary/aromatic N) is 9. The topological polar surface area (TPSA) is 231 Å². The zero-order chi connectivity index (χ0) is 67.5. The first kappa shape index (κ1) is 71.3. The van der Waals surface area contributed by atoms with Gasteiger partial charge in [0.15, 0.2) is 15.4 Å². The second-order valence-electron chi connectivity index (χ2n) is 21.8. The smallest absolute Gasteiger partial charge is 0.257 e. The van der Waals surface area contributed by atoms with Crippen molar-refractivity contribution in [1.29, 1.82) is 0 Å². The molecular formula is C74H72N12O6S5. The Bertz CT molecular complexity index is 4330. The van der Waals surface area contributed by atoms with Gasteiger partial charge < -0.3 is 14.2 Å². The van der Waals surface area contributed by atoms with Gasteiger partial charge in [0.05, 0.1) is 67.0 Å². The van der Waals surface area contributed by atoms with Crippen molar-refractivity contribution in [3.05, 3.63) is 236 Å². The maximum atomic E-state index is 12.4. The first-order chi connectivity index (χ1) is 46.5. The van der Waals surface area contributed by atoms with E-state index in [-0.39, 0.29) is 25.1 Å². The Balaban J connectivity index is 0.000000170. The number of nitrogens with one attached hydrogen (secondary N) is 3. The minimum atomic E-state index is -0.180. The van der Waals surface area contributed by atoms with Gasteiger partial charge in [0.1, 0.15) is 15.8 Å². The van der Waals surface area contributed by atoms with Crippen LogP contribution in [0.4, 0.5) is 15.4 Å². The van der Waals surface area contributed by atoms with Crippen molar-refractivity contribution in [2.75, 3.05) is 29.2 Å². The second-order valence-corrected chi connectivity index (χ2v) is 26.5. The molecule has 6 heterocycles. The molecule has 6 aromatic heterocycles. The minimum absolute atomic E-state index is 0. The van der Waals surface area contributed by atoms with Gasteiger partial charge in [-0.15, -0.1) is 34.0 Å². The summed E-state index contributed by atoms with van der Waals surface area (Å²) in [6.07, 6.45) is 11.9. The number of anilines is 3. The molecule has 12 rings (SSSR count). The largest absolute Gasteiger partial charge is 0.477 e. The zero-order valence-corrected chi connectivity index (χ0v) is 58.2. The van der Waals surface area contributed by atoms with Gasteiger partial charge in [-0.05, 0) is 167 Å². The first-order valence-electron chi connectivity index (χ1n) is 30.6. The van der Waals surface area contributed by atoms with Crippen LogP contribution in [0.5, 0.6) is 23.4 Å². The molecule has 0 radical (unpaired) electrons. The Morgan fingerprint density at radius 1 is 0.412 bits per heavy atom. The van der Waals surface area contributed by atoms with E-state index in [0.717, 1.165) is 106 Å². The summed E-state index contributed by atoms with van der Waals surface area (Å²) in [5.41, 5.74) is 14.9. The third-order valence-corrected chi connectivity index (χ3v) is 18.2. The van der Waals surface area contributed by atoms with Crippen molar-refractivity contribution >= 4 is 90.7 Å². The second kappa shape index (κ2) is 34.6. The first-order valence-corrected chi connectivity index (χ1v) is 34.9. The third kappa shape index (κ3) is 19.8. The fourth-order valence-corrected chi connectivity index (χ4v) is 13.8. The minimum Gasteiger partial charge on any atom is -0.477 e. The SMILES string of the molecule is C.CCCOc1cnc(Oc2cc(C)c(-c3csc(NC(=O)c4ccccc4)n3)c(C)c2)cn1.CCCOc1cnc(Sc2cc(C)c(-c3csc(NC(=O)c4ccccc4)n3)c(C)c2)cn1.Cc1cnc(Sc2cc(C)c(-c3csc(NC(=O)c4ccccc4)n3)c(C)c2)cn1. The predicted molar refractivity (Wildman–Crippen MR) is 392 cm³/mol. The molecule has 97 heavy (non-hydrogen) atoms. The zero-order valence-electron chi connectivity index (χ0n) is 54.2. The summed E-state index contributed by atoms with van der Waals surface area (Å²) >= 11 is 7.39. The van der Waals surface area contributed by atoms with Crippen LogP contribution in [0.3, 0.4) is 0 Å². The van der Waals surface area contributed by atoms with Gasteiger partial charge in [-0.2, -0.15) is 0 Å². The molecular weight excluding hydrogens is 1310 g/mol. The molecule has 0 atom stereocenters. The van der Waals surface area contributed by atoms with E-state index >= 15 is 0 Å². The van der Waals surface area contributed by atoms with Crippen molar-refractivity contribution in [3.63, 3.8) is 0 Å². The number of hydrogen-bond acceptors (Lipinski definition) is 20. The lowest BCUT2D eigenvalue weighted by Crippen LogP contribution is -2.11. The number of carbonyl (C=O) groups is 3. The van der Waals surface area contributed by atoms with Gasteiger partial charge in [-0.3, -0.25) is 35.3 Å². The van der Waals surface area contributed by atoms with Crippen LogP contribution in [0.1, 0.15) is 104 Å². The van der Waals surface area contributed by atoms with E-state index in [1.54, 1.807) is 97.1 Å². The maximum absolute atomic E-state index is 12.4. The highest BCUT2D eigenvalue weighted by Gasteiger charge is 2.19. The Labute approximate surface area is 585 Å². The number of rotatable bonds is 21. The summed E-state index contributed by atoms with van der Waals surface area (Å²) in [5, 5.41) is 17.9. The van der Waals surface area contributed by atoms with E-state index in [1.165, 1.54) is 34.0 Å². The van der Waals surface area contributed by atoms with Crippen molar-refractivity contribution in [2.45, 2.75) is 102 Å². The van der Waals surface area contributed by atoms with Crippen LogP contribution >= 0.6 is 57.5 Å². The average Bonchev–Trinajstić information content (AvgIpc) is 1.80. The quantitative estimate of drug-likeness (QED) is 0.0607. The summed E-state index contributed by atoms with van der Waals surface area (Å²) in [7, 11) is 0. The van der Waals surface area contributed by atoms with Crippen molar-refractivity contribution < 1.29 is 28.6 Å². The van der Waals surface area contributed by atoms with E-state index in [2.05, 4.69) is 120 Å².